The minimum Gasteiger partial charge on any atom is -0.496 e. The molecule has 31 heavy (non-hydrogen) atoms. The molecule has 10 heteroatoms. The number of nitrogens with one attached hydrogen (secondary N) is 1. The summed E-state index contributed by atoms with van der Waals surface area (Å²) in [5, 5.41) is 12.1. The lowest BCUT2D eigenvalue weighted by atomic mass is 9.96. The number of hydrogen-bond acceptors (Lipinski definition) is 7. The van der Waals surface area contributed by atoms with E-state index in [4.69, 9.17) is 31.9 Å². The van der Waals surface area contributed by atoms with Gasteiger partial charge in [-0.2, -0.15) is 0 Å². The van der Waals surface area contributed by atoms with Crippen LogP contribution >= 0.6 is 11.6 Å². The second kappa shape index (κ2) is 11.0. The largest absolute Gasteiger partial charge is 0.496 e. The van der Waals surface area contributed by atoms with Gasteiger partial charge in [-0.3, -0.25) is 19.4 Å². The minimum absolute atomic E-state index is 0.0972. The number of carbonyl (C=O) groups excluding carboxylic acids is 1. The van der Waals surface area contributed by atoms with Gasteiger partial charge in [-0.1, -0.05) is 11.6 Å². The Kier molecular flexibility index (Phi) is 8.36. The molecule has 2 fully saturated rings. The maximum absolute atomic E-state index is 12.6. The van der Waals surface area contributed by atoms with Gasteiger partial charge in [0.1, 0.15) is 5.75 Å². The molecule has 2 aliphatic rings. The molecule has 3 rings (SSSR count). The first-order chi connectivity index (χ1) is 14.9. The number of anilines is 1. The summed E-state index contributed by atoms with van der Waals surface area (Å²) in [5.41, 5.74) is 6.47. The highest BCUT2D eigenvalue weighted by atomic mass is 35.5. The van der Waals surface area contributed by atoms with Crippen LogP contribution in [0, 0.1) is 5.92 Å². The van der Waals surface area contributed by atoms with E-state index in [1.807, 2.05) is 4.90 Å². The third-order valence-electron chi connectivity index (χ3n) is 5.86. The van der Waals surface area contributed by atoms with Crippen LogP contribution in [0.5, 0.6) is 5.75 Å². The highest BCUT2D eigenvalue weighted by Gasteiger charge is 2.26. The summed E-state index contributed by atoms with van der Waals surface area (Å²) in [6.45, 7) is 5.36. The van der Waals surface area contributed by atoms with E-state index in [9.17, 15) is 9.59 Å². The Morgan fingerprint density at radius 2 is 2.03 bits per heavy atom. The van der Waals surface area contributed by atoms with Crippen LogP contribution in [0.4, 0.5) is 5.69 Å². The lowest BCUT2D eigenvalue weighted by Gasteiger charge is -2.37. The Balaban J connectivity index is 1.46. The Bertz CT molecular complexity index is 785. The van der Waals surface area contributed by atoms with Crippen LogP contribution in [0.2, 0.25) is 5.02 Å². The fourth-order valence-electron chi connectivity index (χ4n) is 4.17. The van der Waals surface area contributed by atoms with Gasteiger partial charge >= 0.3 is 5.97 Å². The SMILES string of the molecule is COc1cc(N)c(Cl)cc1C(=O)NCC1CN(CC2CCN(CC(=O)O)CC2)CCO1. The van der Waals surface area contributed by atoms with Crippen molar-refractivity contribution in [3.63, 3.8) is 0 Å². The van der Waals surface area contributed by atoms with Crippen molar-refractivity contribution in [2.75, 3.05) is 65.3 Å². The first kappa shape index (κ1) is 23.6. The Morgan fingerprint density at radius 3 is 2.71 bits per heavy atom. The van der Waals surface area contributed by atoms with Gasteiger partial charge in [0.2, 0.25) is 0 Å². The van der Waals surface area contributed by atoms with E-state index in [0.29, 0.717) is 41.1 Å². The quantitative estimate of drug-likeness (QED) is 0.501. The second-order valence-electron chi connectivity index (χ2n) is 8.15. The average Bonchev–Trinajstić information content (AvgIpc) is 2.75. The molecule has 4 N–H and O–H groups in total. The molecule has 0 bridgehead atoms. The van der Waals surface area contributed by atoms with Crippen molar-refractivity contribution in [2.24, 2.45) is 5.92 Å². The molecule has 1 aromatic rings. The van der Waals surface area contributed by atoms with E-state index in [1.54, 1.807) is 0 Å². The smallest absolute Gasteiger partial charge is 0.317 e. The number of nitrogen functional groups attached to an aromatic ring is 1. The second-order valence-corrected chi connectivity index (χ2v) is 8.56. The van der Waals surface area contributed by atoms with Gasteiger partial charge in [-0.25, -0.2) is 0 Å². The predicted octanol–water partition coefficient (Wildman–Crippen LogP) is 1.16. The van der Waals surface area contributed by atoms with Crippen LogP contribution in [0.25, 0.3) is 0 Å². The monoisotopic (exact) mass is 454 g/mol. The summed E-state index contributed by atoms with van der Waals surface area (Å²) in [7, 11) is 1.48. The van der Waals surface area contributed by atoms with Crippen LogP contribution in [-0.4, -0.2) is 92.4 Å². The topological polar surface area (TPSA) is 117 Å². The third-order valence-corrected chi connectivity index (χ3v) is 6.19. The number of methoxy groups -OCH3 is 1. The number of nitrogens with zero attached hydrogens (tertiary/aromatic N) is 2. The molecule has 1 atom stereocenters. The number of nitrogens with two attached hydrogens (primary N) is 1. The first-order valence-corrected chi connectivity index (χ1v) is 10.9. The van der Waals surface area contributed by atoms with Crippen molar-refractivity contribution in [2.45, 2.75) is 18.9 Å². The summed E-state index contributed by atoms with van der Waals surface area (Å²) in [6.07, 6.45) is 1.91. The number of likely N-dealkylation sites (tertiary alicyclic amines) is 1. The summed E-state index contributed by atoms with van der Waals surface area (Å²) in [5.74, 6) is -0.125. The molecule has 172 valence electrons. The van der Waals surface area contributed by atoms with Crippen molar-refractivity contribution in [1.82, 2.24) is 15.1 Å². The number of carboxylic acids is 1. The maximum Gasteiger partial charge on any atom is 0.317 e. The van der Waals surface area contributed by atoms with Crippen LogP contribution in [-0.2, 0) is 9.53 Å². The molecular formula is C21H31ClN4O5. The highest BCUT2D eigenvalue weighted by Crippen LogP contribution is 2.28. The van der Waals surface area contributed by atoms with Crippen LogP contribution in [0.1, 0.15) is 23.2 Å². The van der Waals surface area contributed by atoms with E-state index in [0.717, 1.165) is 45.6 Å². The number of amides is 1. The Hall–Kier alpha value is -2.07. The van der Waals surface area contributed by atoms with Crippen molar-refractivity contribution in [1.29, 1.82) is 0 Å². The van der Waals surface area contributed by atoms with E-state index >= 15 is 0 Å². The molecule has 2 saturated heterocycles. The number of benzene rings is 1. The predicted molar refractivity (Wildman–Crippen MR) is 118 cm³/mol. The molecule has 1 unspecified atom stereocenters. The normalized spacial score (nSPS) is 21.0. The molecule has 9 nitrogen and oxygen atoms in total. The van der Waals surface area contributed by atoms with E-state index in [1.165, 1.54) is 19.2 Å². The number of aliphatic carboxylic acids is 1. The molecule has 0 radical (unpaired) electrons. The summed E-state index contributed by atoms with van der Waals surface area (Å²) in [6, 6.07) is 3.05. The lowest BCUT2D eigenvalue weighted by Crippen LogP contribution is -2.49. The first-order valence-electron chi connectivity index (χ1n) is 10.5. The van der Waals surface area contributed by atoms with Crippen LogP contribution in [0.3, 0.4) is 0 Å². The molecule has 0 spiro atoms. The fraction of sp³-hybridized carbons (Fsp3) is 0.619. The lowest BCUT2D eigenvalue weighted by molar-refractivity contribution is -0.138. The van der Waals surface area contributed by atoms with Gasteiger partial charge < -0.3 is 25.6 Å². The number of hydrogen-bond donors (Lipinski definition) is 3. The molecular weight excluding hydrogens is 424 g/mol. The maximum atomic E-state index is 12.6. The number of rotatable bonds is 8. The molecule has 2 heterocycles. The molecule has 0 aromatic heterocycles. The summed E-state index contributed by atoms with van der Waals surface area (Å²) >= 11 is 6.06. The minimum atomic E-state index is -0.768. The van der Waals surface area contributed by atoms with Gasteiger partial charge in [0.15, 0.2) is 0 Å². The van der Waals surface area contributed by atoms with Crippen molar-refractivity contribution < 1.29 is 24.2 Å². The number of carbonyl (C=O) groups is 2. The van der Waals surface area contributed by atoms with Gasteiger partial charge in [-0.15, -0.1) is 0 Å². The van der Waals surface area contributed by atoms with Gasteiger partial charge in [0, 0.05) is 32.2 Å². The molecule has 1 amide bonds. The zero-order chi connectivity index (χ0) is 22.4. The van der Waals surface area contributed by atoms with Crippen LogP contribution in [0.15, 0.2) is 12.1 Å². The van der Waals surface area contributed by atoms with Gasteiger partial charge in [0.25, 0.3) is 5.91 Å². The Morgan fingerprint density at radius 1 is 1.29 bits per heavy atom. The summed E-state index contributed by atoms with van der Waals surface area (Å²) < 4.78 is 11.1. The molecule has 0 saturated carbocycles. The summed E-state index contributed by atoms with van der Waals surface area (Å²) in [4.78, 5) is 27.9. The average molecular weight is 455 g/mol. The van der Waals surface area contributed by atoms with E-state index < -0.39 is 5.97 Å². The third kappa shape index (κ3) is 6.70. The number of carboxylic acid groups (broad SMARTS) is 1. The van der Waals surface area contributed by atoms with Crippen molar-refractivity contribution in [3.8, 4) is 5.75 Å². The van der Waals surface area contributed by atoms with E-state index in [2.05, 4.69) is 10.2 Å². The van der Waals surface area contributed by atoms with Crippen molar-refractivity contribution in [3.05, 3.63) is 22.7 Å². The standard InChI is InChI=1S/C21H31ClN4O5/c1-30-19-9-18(23)17(22)8-16(19)21(29)24-10-15-12-26(6-7-31-15)11-14-2-4-25(5-3-14)13-20(27)28/h8-9,14-15H,2-7,10-13,23H2,1H3,(H,24,29)(H,27,28). The van der Waals surface area contributed by atoms with Gasteiger partial charge in [0.05, 0.1) is 42.6 Å². The highest BCUT2D eigenvalue weighted by molar-refractivity contribution is 6.33. The zero-order valence-electron chi connectivity index (χ0n) is 17.8. The van der Waals surface area contributed by atoms with Crippen LogP contribution < -0.4 is 15.8 Å². The van der Waals surface area contributed by atoms with Gasteiger partial charge in [-0.05, 0) is 37.9 Å². The number of halogens is 1. The zero-order valence-corrected chi connectivity index (χ0v) is 18.6. The van der Waals surface area contributed by atoms with Crippen molar-refractivity contribution >= 4 is 29.2 Å². The van der Waals surface area contributed by atoms with E-state index in [-0.39, 0.29) is 18.6 Å². The number of morpholine rings is 1. The Labute approximate surface area is 187 Å². The fourth-order valence-corrected chi connectivity index (χ4v) is 4.33. The number of piperidine rings is 1. The number of ether oxygens (including phenoxy) is 2. The molecule has 1 aromatic carbocycles. The molecule has 2 aliphatic heterocycles. The molecule has 0 aliphatic carbocycles.